The molecule has 2 atom stereocenters. The van der Waals surface area contributed by atoms with Crippen LogP contribution in [0.15, 0.2) is 0 Å². The molecule has 20 heavy (non-hydrogen) atoms. The van der Waals surface area contributed by atoms with Gasteiger partial charge in [0.15, 0.2) is 0 Å². The minimum absolute atomic E-state index is 0.00604. The van der Waals surface area contributed by atoms with Crippen molar-refractivity contribution >= 4 is 12.0 Å². The molecule has 1 aliphatic rings. The normalized spacial score (nSPS) is 18.5. The Hall–Kier alpha value is -1.34. The fourth-order valence-corrected chi connectivity index (χ4v) is 2.33. The molecule has 0 aromatic heterocycles. The number of amides is 2. The number of urea groups is 1. The van der Waals surface area contributed by atoms with Gasteiger partial charge in [0.1, 0.15) is 6.04 Å². The van der Waals surface area contributed by atoms with E-state index in [0.717, 1.165) is 19.6 Å². The van der Waals surface area contributed by atoms with Gasteiger partial charge in [-0.25, -0.2) is 9.59 Å². The maximum Gasteiger partial charge on any atom is 0.326 e. The van der Waals surface area contributed by atoms with Crippen molar-refractivity contribution in [2.45, 2.75) is 32.2 Å². The number of hydrogen-bond donors (Lipinski definition) is 4. The van der Waals surface area contributed by atoms with Gasteiger partial charge in [-0.3, -0.25) is 0 Å². The lowest BCUT2D eigenvalue weighted by Crippen LogP contribution is -2.47. The Balaban J connectivity index is 2.22. The zero-order valence-electron chi connectivity index (χ0n) is 12.0. The van der Waals surface area contributed by atoms with Crippen LogP contribution in [0.1, 0.15) is 26.2 Å². The predicted octanol–water partition coefficient (Wildman–Crippen LogP) is -0.147. The highest BCUT2D eigenvalue weighted by Gasteiger charge is 2.20. The van der Waals surface area contributed by atoms with E-state index in [-0.39, 0.29) is 13.0 Å². The van der Waals surface area contributed by atoms with Crippen LogP contribution >= 0.6 is 0 Å². The van der Waals surface area contributed by atoms with Gasteiger partial charge in [-0.2, -0.15) is 0 Å². The van der Waals surface area contributed by atoms with E-state index >= 15 is 0 Å². The maximum absolute atomic E-state index is 11.6. The molecular formula is C13H25N3O4. The van der Waals surface area contributed by atoms with Gasteiger partial charge in [-0.1, -0.05) is 6.92 Å². The lowest BCUT2D eigenvalue weighted by molar-refractivity contribution is -0.139. The lowest BCUT2D eigenvalue weighted by Gasteiger charge is -2.21. The van der Waals surface area contributed by atoms with Crippen LogP contribution in [0, 0.1) is 5.92 Å². The summed E-state index contributed by atoms with van der Waals surface area (Å²) in [6.07, 6.45) is 2.48. The van der Waals surface area contributed by atoms with E-state index in [4.69, 9.17) is 10.2 Å². The predicted molar refractivity (Wildman–Crippen MR) is 74.5 cm³/mol. The number of rotatable bonds is 8. The first-order chi connectivity index (χ1) is 9.52. The van der Waals surface area contributed by atoms with Crippen molar-refractivity contribution in [3.05, 3.63) is 0 Å². The monoisotopic (exact) mass is 287 g/mol. The van der Waals surface area contributed by atoms with Gasteiger partial charge in [-0.05, 0) is 31.8 Å². The molecule has 0 bridgehead atoms. The third-order valence-electron chi connectivity index (χ3n) is 3.40. The zero-order chi connectivity index (χ0) is 15.0. The summed E-state index contributed by atoms with van der Waals surface area (Å²) >= 11 is 0. The van der Waals surface area contributed by atoms with Crippen LogP contribution in [0.2, 0.25) is 0 Å². The molecule has 7 heteroatoms. The quantitative estimate of drug-likeness (QED) is 0.497. The number of carbonyl (C=O) groups is 2. The summed E-state index contributed by atoms with van der Waals surface area (Å²) in [5, 5.41) is 22.6. The van der Waals surface area contributed by atoms with Crippen LogP contribution in [-0.2, 0) is 4.79 Å². The molecule has 1 unspecified atom stereocenters. The summed E-state index contributed by atoms with van der Waals surface area (Å²) in [5.74, 6) is -0.820. The summed E-state index contributed by atoms with van der Waals surface area (Å²) in [6.45, 7) is 5.47. The molecule has 2 amide bonds. The summed E-state index contributed by atoms with van der Waals surface area (Å²) < 4.78 is 0. The molecular weight excluding hydrogens is 262 g/mol. The number of nitrogens with one attached hydrogen (secondary N) is 2. The van der Waals surface area contributed by atoms with Crippen LogP contribution in [0.25, 0.3) is 0 Å². The topological polar surface area (TPSA) is 102 Å². The Labute approximate surface area is 119 Å². The first kappa shape index (κ1) is 16.7. The lowest BCUT2D eigenvalue weighted by atomic mass is 10.1. The second kappa shape index (κ2) is 8.76. The van der Waals surface area contributed by atoms with Crippen molar-refractivity contribution in [1.29, 1.82) is 0 Å². The Morgan fingerprint density at radius 2 is 1.95 bits per heavy atom. The van der Waals surface area contributed by atoms with Crippen LogP contribution in [-0.4, -0.2) is 65.9 Å². The molecule has 7 nitrogen and oxygen atoms in total. The van der Waals surface area contributed by atoms with E-state index in [1.54, 1.807) is 0 Å². The Bertz CT molecular complexity index is 319. The van der Waals surface area contributed by atoms with E-state index in [1.165, 1.54) is 12.8 Å². The number of carboxylic acids is 1. The van der Waals surface area contributed by atoms with Crippen molar-refractivity contribution in [3.63, 3.8) is 0 Å². The van der Waals surface area contributed by atoms with Gasteiger partial charge < -0.3 is 25.7 Å². The van der Waals surface area contributed by atoms with Crippen LogP contribution in [0.3, 0.4) is 0 Å². The van der Waals surface area contributed by atoms with Crippen molar-refractivity contribution in [2.24, 2.45) is 5.92 Å². The number of aliphatic hydroxyl groups excluding tert-OH is 1. The molecule has 1 heterocycles. The largest absolute Gasteiger partial charge is 0.480 e. The molecule has 0 radical (unpaired) electrons. The SMILES string of the molecule is CC(CNC(=O)N[C@H](CCO)C(=O)O)CN1CCCC1. The molecule has 1 rings (SSSR count). The molecule has 116 valence electrons. The van der Waals surface area contributed by atoms with Gasteiger partial charge in [0.2, 0.25) is 0 Å². The number of carbonyl (C=O) groups excluding carboxylic acids is 1. The highest BCUT2D eigenvalue weighted by Crippen LogP contribution is 2.09. The molecule has 1 aliphatic heterocycles. The molecule has 0 aliphatic carbocycles. The Kier molecular flexibility index (Phi) is 7.32. The minimum atomic E-state index is -1.14. The summed E-state index contributed by atoms with van der Waals surface area (Å²) in [6, 6.07) is -1.55. The maximum atomic E-state index is 11.6. The van der Waals surface area contributed by atoms with E-state index in [2.05, 4.69) is 22.5 Å². The smallest absolute Gasteiger partial charge is 0.326 e. The summed E-state index contributed by atoms with van der Waals surface area (Å²) in [4.78, 5) is 24.8. The molecule has 1 saturated heterocycles. The van der Waals surface area contributed by atoms with Gasteiger partial charge in [0.05, 0.1) is 0 Å². The van der Waals surface area contributed by atoms with Crippen LogP contribution < -0.4 is 10.6 Å². The fraction of sp³-hybridized carbons (Fsp3) is 0.846. The Morgan fingerprint density at radius 1 is 1.30 bits per heavy atom. The standard InChI is InChI=1S/C13H25N3O4/c1-10(9-16-5-2-3-6-16)8-14-13(20)15-11(4-7-17)12(18)19/h10-11,17H,2-9H2,1H3,(H,18,19)(H2,14,15,20)/t10?,11-/m1/s1. The second-order valence-electron chi connectivity index (χ2n) is 5.37. The third-order valence-corrected chi connectivity index (χ3v) is 3.40. The second-order valence-corrected chi connectivity index (χ2v) is 5.37. The van der Waals surface area contributed by atoms with Crippen molar-refractivity contribution in [1.82, 2.24) is 15.5 Å². The average molecular weight is 287 g/mol. The average Bonchev–Trinajstić information content (AvgIpc) is 2.88. The van der Waals surface area contributed by atoms with Crippen molar-refractivity contribution in [3.8, 4) is 0 Å². The van der Waals surface area contributed by atoms with Gasteiger partial charge in [0.25, 0.3) is 0 Å². The number of nitrogens with zero attached hydrogens (tertiary/aromatic N) is 1. The van der Waals surface area contributed by atoms with Crippen LogP contribution in [0.5, 0.6) is 0 Å². The van der Waals surface area contributed by atoms with Crippen LogP contribution in [0.4, 0.5) is 4.79 Å². The molecule has 0 aromatic carbocycles. The molecule has 0 saturated carbocycles. The van der Waals surface area contributed by atoms with Gasteiger partial charge in [0, 0.05) is 26.1 Å². The van der Waals surface area contributed by atoms with E-state index < -0.39 is 18.0 Å². The summed E-state index contributed by atoms with van der Waals surface area (Å²) in [5.41, 5.74) is 0. The third kappa shape index (κ3) is 6.21. The number of aliphatic carboxylic acids is 1. The molecule has 0 spiro atoms. The highest BCUT2D eigenvalue weighted by molar-refractivity contribution is 5.82. The zero-order valence-corrected chi connectivity index (χ0v) is 12.0. The van der Waals surface area contributed by atoms with E-state index in [0.29, 0.717) is 12.5 Å². The van der Waals surface area contributed by atoms with Crippen molar-refractivity contribution in [2.75, 3.05) is 32.8 Å². The van der Waals surface area contributed by atoms with Crippen molar-refractivity contribution < 1.29 is 19.8 Å². The number of carboxylic acid groups (broad SMARTS) is 1. The van der Waals surface area contributed by atoms with E-state index in [1.807, 2.05) is 0 Å². The van der Waals surface area contributed by atoms with E-state index in [9.17, 15) is 9.59 Å². The van der Waals surface area contributed by atoms with Gasteiger partial charge >= 0.3 is 12.0 Å². The molecule has 1 fully saturated rings. The van der Waals surface area contributed by atoms with Gasteiger partial charge in [-0.15, -0.1) is 0 Å². The molecule has 0 aromatic rings. The minimum Gasteiger partial charge on any atom is -0.480 e. The number of hydrogen-bond acceptors (Lipinski definition) is 4. The first-order valence-corrected chi connectivity index (χ1v) is 7.13. The number of aliphatic hydroxyl groups is 1. The molecule has 4 N–H and O–H groups in total. The number of likely N-dealkylation sites (tertiary alicyclic amines) is 1. The fourth-order valence-electron chi connectivity index (χ4n) is 2.33. The summed E-state index contributed by atoms with van der Waals surface area (Å²) in [7, 11) is 0. The Morgan fingerprint density at radius 3 is 2.50 bits per heavy atom. The highest BCUT2D eigenvalue weighted by atomic mass is 16.4. The first-order valence-electron chi connectivity index (χ1n) is 7.13.